The molecule has 2 aromatic carbocycles. The van der Waals surface area contributed by atoms with Crippen LogP contribution in [0, 0.1) is 6.92 Å². The lowest BCUT2D eigenvalue weighted by Gasteiger charge is -2.19. The van der Waals surface area contributed by atoms with Gasteiger partial charge in [0.2, 0.25) is 0 Å². The van der Waals surface area contributed by atoms with Gasteiger partial charge in [0, 0.05) is 11.3 Å². The van der Waals surface area contributed by atoms with Crippen LogP contribution in [0.4, 0.5) is 5.69 Å². The summed E-state index contributed by atoms with van der Waals surface area (Å²) in [5.74, 6) is 0.304. The molecule has 0 aromatic heterocycles. The van der Waals surface area contributed by atoms with E-state index in [9.17, 15) is 4.79 Å². The van der Waals surface area contributed by atoms with Crippen molar-refractivity contribution in [3.63, 3.8) is 0 Å². The topological polar surface area (TPSA) is 41.1 Å². The minimum atomic E-state index is -0.166. The number of hydrogen-bond donors (Lipinski definition) is 2. The summed E-state index contributed by atoms with van der Waals surface area (Å²) < 4.78 is 0. The number of benzene rings is 2. The molecule has 132 valence electrons. The second-order valence-electron chi connectivity index (χ2n) is 7.39. The van der Waals surface area contributed by atoms with Gasteiger partial charge < -0.3 is 10.6 Å². The average Bonchev–Trinajstić information content (AvgIpc) is 2.56. The molecule has 3 nitrogen and oxygen atoms in total. The van der Waals surface area contributed by atoms with Crippen molar-refractivity contribution in [2.45, 2.75) is 46.5 Å². The number of rotatable bonds is 5. The van der Waals surface area contributed by atoms with Crippen molar-refractivity contribution in [3.8, 4) is 0 Å². The van der Waals surface area contributed by atoms with Crippen LogP contribution in [0.15, 0.2) is 54.9 Å². The van der Waals surface area contributed by atoms with Crippen molar-refractivity contribution in [1.82, 2.24) is 5.32 Å². The summed E-state index contributed by atoms with van der Waals surface area (Å²) >= 11 is 0. The minimum absolute atomic E-state index is 0.0718. The van der Waals surface area contributed by atoms with Gasteiger partial charge in [0.05, 0.1) is 0 Å². The van der Waals surface area contributed by atoms with Crippen molar-refractivity contribution in [2.75, 3.05) is 5.32 Å². The molecular weight excluding hydrogens is 308 g/mol. The molecule has 0 radical (unpaired) electrons. The smallest absolute Gasteiger partial charge is 0.256 e. The third-order valence-electron chi connectivity index (χ3n) is 4.26. The van der Waals surface area contributed by atoms with Crippen LogP contribution in [0.1, 0.15) is 54.7 Å². The first kappa shape index (κ1) is 18.8. The summed E-state index contributed by atoms with van der Waals surface area (Å²) in [4.78, 5) is 12.4. The highest BCUT2D eigenvalue weighted by Crippen LogP contribution is 2.22. The molecule has 0 aliphatic carbocycles. The van der Waals surface area contributed by atoms with E-state index in [1.807, 2.05) is 37.3 Å². The molecule has 0 saturated carbocycles. The normalized spacial score (nSPS) is 11.1. The van der Waals surface area contributed by atoms with E-state index < -0.39 is 0 Å². The van der Waals surface area contributed by atoms with Crippen molar-refractivity contribution in [1.29, 1.82) is 0 Å². The van der Waals surface area contributed by atoms with E-state index in [0.717, 1.165) is 17.7 Å². The lowest BCUT2D eigenvalue weighted by molar-refractivity contribution is 0.0966. The molecular formula is C22H28N2O. The first-order chi connectivity index (χ1) is 11.7. The number of hydrogen-bond acceptors (Lipinski definition) is 2. The van der Waals surface area contributed by atoms with Gasteiger partial charge in [0.25, 0.3) is 5.91 Å². The molecule has 0 bridgehead atoms. The highest BCUT2D eigenvalue weighted by atomic mass is 16.1. The van der Waals surface area contributed by atoms with Crippen LogP contribution in [-0.4, -0.2) is 5.91 Å². The van der Waals surface area contributed by atoms with Gasteiger partial charge in [-0.2, -0.15) is 0 Å². The van der Waals surface area contributed by atoms with Gasteiger partial charge >= 0.3 is 0 Å². The zero-order valence-corrected chi connectivity index (χ0v) is 15.9. The molecule has 0 saturated heterocycles. The van der Waals surface area contributed by atoms with Crippen molar-refractivity contribution in [3.05, 3.63) is 77.1 Å². The largest absolute Gasteiger partial charge is 0.342 e. The number of amides is 1. The molecule has 25 heavy (non-hydrogen) atoms. The fourth-order valence-corrected chi connectivity index (χ4v) is 2.61. The highest BCUT2D eigenvalue weighted by molar-refractivity contribution is 5.95. The van der Waals surface area contributed by atoms with Crippen LogP contribution < -0.4 is 10.6 Å². The second kappa shape index (κ2) is 7.56. The average molecular weight is 336 g/mol. The molecule has 3 heteroatoms. The Morgan fingerprint density at radius 1 is 1.08 bits per heavy atom. The molecule has 1 amide bonds. The first-order valence-electron chi connectivity index (χ1n) is 8.68. The predicted octanol–water partition coefficient (Wildman–Crippen LogP) is 5.17. The van der Waals surface area contributed by atoms with Crippen molar-refractivity contribution < 1.29 is 4.79 Å². The number of carbonyl (C=O) groups excluding carboxylic acids is 1. The predicted molar refractivity (Wildman–Crippen MR) is 106 cm³/mol. The van der Waals surface area contributed by atoms with Crippen LogP contribution in [0.3, 0.4) is 0 Å². The molecule has 0 fully saturated rings. The van der Waals surface area contributed by atoms with E-state index in [2.05, 4.69) is 57.0 Å². The number of anilines is 1. The molecule has 0 aliphatic rings. The number of nitrogens with one attached hydrogen (secondary N) is 2. The van der Waals surface area contributed by atoms with Crippen LogP contribution >= 0.6 is 0 Å². The molecule has 2 aromatic rings. The molecule has 0 spiro atoms. The summed E-state index contributed by atoms with van der Waals surface area (Å²) in [6, 6.07) is 13.9. The Balaban J connectivity index is 2.01. The van der Waals surface area contributed by atoms with Crippen LogP contribution in [0.5, 0.6) is 0 Å². The molecule has 0 heterocycles. The highest BCUT2D eigenvalue weighted by Gasteiger charge is 2.14. The molecule has 0 unspecified atom stereocenters. The van der Waals surface area contributed by atoms with Gasteiger partial charge in [-0.1, -0.05) is 58.5 Å². The lowest BCUT2D eigenvalue weighted by Crippen LogP contribution is -2.26. The Labute approximate surface area is 151 Å². The molecule has 2 rings (SSSR count). The minimum Gasteiger partial charge on any atom is -0.342 e. The summed E-state index contributed by atoms with van der Waals surface area (Å²) in [7, 11) is 0. The van der Waals surface area contributed by atoms with Crippen molar-refractivity contribution >= 4 is 11.6 Å². The summed E-state index contributed by atoms with van der Waals surface area (Å²) in [6.07, 6.45) is 1.00. The maximum atomic E-state index is 12.4. The summed E-state index contributed by atoms with van der Waals surface area (Å²) in [5, 5.41) is 5.99. The zero-order chi connectivity index (χ0) is 18.6. The van der Waals surface area contributed by atoms with E-state index in [4.69, 9.17) is 0 Å². The van der Waals surface area contributed by atoms with Gasteiger partial charge in [-0.25, -0.2) is 0 Å². The van der Waals surface area contributed by atoms with Gasteiger partial charge in [-0.3, -0.25) is 4.79 Å². The second-order valence-corrected chi connectivity index (χ2v) is 7.39. The van der Waals surface area contributed by atoms with Gasteiger partial charge in [0.15, 0.2) is 0 Å². The maximum Gasteiger partial charge on any atom is 0.256 e. The molecule has 2 N–H and O–H groups in total. The lowest BCUT2D eigenvalue weighted by atomic mass is 9.87. The van der Waals surface area contributed by atoms with Crippen LogP contribution in [-0.2, 0) is 11.8 Å². The SMILES string of the molecule is C=C(NC(=O)c1ccc(C(C)(C)C)cc1)Nc1ccc(CC)cc1C. The number of carbonyl (C=O) groups is 1. The fraction of sp³-hybridized carbons (Fsp3) is 0.318. The quantitative estimate of drug-likeness (QED) is 0.791. The van der Waals surface area contributed by atoms with E-state index >= 15 is 0 Å². The summed E-state index contributed by atoms with van der Waals surface area (Å²) in [5.41, 5.74) is 5.26. The third-order valence-corrected chi connectivity index (χ3v) is 4.26. The van der Waals surface area contributed by atoms with E-state index in [1.165, 1.54) is 11.1 Å². The van der Waals surface area contributed by atoms with Crippen LogP contribution in [0.2, 0.25) is 0 Å². The van der Waals surface area contributed by atoms with E-state index in [-0.39, 0.29) is 11.3 Å². The van der Waals surface area contributed by atoms with Crippen LogP contribution in [0.25, 0.3) is 0 Å². The standard InChI is InChI=1S/C22H28N2O/c1-7-17-8-13-20(15(2)14-17)23-16(3)24-21(25)18-9-11-19(12-10-18)22(4,5)6/h8-14,23H,3,7H2,1-2,4-6H3,(H,24,25). The Morgan fingerprint density at radius 2 is 1.72 bits per heavy atom. The Bertz CT molecular complexity index is 768. The van der Waals surface area contributed by atoms with E-state index in [1.54, 1.807) is 0 Å². The zero-order valence-electron chi connectivity index (χ0n) is 15.9. The number of aryl methyl sites for hydroxylation is 2. The summed E-state index contributed by atoms with van der Waals surface area (Å²) in [6.45, 7) is 14.5. The third kappa shape index (κ3) is 4.96. The van der Waals surface area contributed by atoms with Gasteiger partial charge in [-0.15, -0.1) is 0 Å². The van der Waals surface area contributed by atoms with Gasteiger partial charge in [0.1, 0.15) is 5.82 Å². The fourth-order valence-electron chi connectivity index (χ4n) is 2.61. The Morgan fingerprint density at radius 3 is 2.24 bits per heavy atom. The monoisotopic (exact) mass is 336 g/mol. The Hall–Kier alpha value is -2.55. The van der Waals surface area contributed by atoms with Gasteiger partial charge in [-0.05, 0) is 53.6 Å². The van der Waals surface area contributed by atoms with E-state index in [0.29, 0.717) is 11.4 Å². The van der Waals surface area contributed by atoms with Crippen molar-refractivity contribution in [2.24, 2.45) is 0 Å². The molecule has 0 aliphatic heterocycles. The first-order valence-corrected chi connectivity index (χ1v) is 8.68. The maximum absolute atomic E-state index is 12.4. The molecule has 0 atom stereocenters. The Kier molecular flexibility index (Phi) is 5.68.